The highest BCUT2D eigenvalue weighted by molar-refractivity contribution is 6.35. The van der Waals surface area contributed by atoms with E-state index in [4.69, 9.17) is 23.2 Å². The molecule has 0 aromatic heterocycles. The zero-order valence-electron chi connectivity index (χ0n) is 13.1. The Balaban J connectivity index is 1.72. The number of hydrogen-bond donors (Lipinski definition) is 1. The molecule has 122 valence electrons. The third kappa shape index (κ3) is 6.22. The van der Waals surface area contributed by atoms with Crippen molar-refractivity contribution in [1.29, 1.82) is 0 Å². The lowest BCUT2D eigenvalue weighted by atomic mass is 10.1. The molecule has 23 heavy (non-hydrogen) atoms. The minimum atomic E-state index is 0.00789. The number of hydrogen-bond acceptors (Lipinski definition) is 2. The van der Waals surface area contributed by atoms with Crippen LogP contribution in [0.3, 0.4) is 0 Å². The molecule has 0 saturated carbocycles. The van der Waals surface area contributed by atoms with Crippen molar-refractivity contribution in [3.8, 4) is 0 Å². The van der Waals surface area contributed by atoms with Crippen LogP contribution in [0.5, 0.6) is 0 Å². The van der Waals surface area contributed by atoms with Gasteiger partial charge in [-0.1, -0.05) is 59.6 Å². The van der Waals surface area contributed by atoms with Gasteiger partial charge < -0.3 is 5.32 Å². The van der Waals surface area contributed by atoms with Crippen LogP contribution in [0.4, 0.5) is 0 Å². The quantitative estimate of drug-likeness (QED) is 0.823. The summed E-state index contributed by atoms with van der Waals surface area (Å²) in [7, 11) is 1.93. The maximum absolute atomic E-state index is 12.0. The Morgan fingerprint density at radius 1 is 1.13 bits per heavy atom. The molecule has 5 heteroatoms. The summed E-state index contributed by atoms with van der Waals surface area (Å²) in [6.45, 7) is 1.67. The smallest absolute Gasteiger partial charge is 0.234 e. The average Bonchev–Trinajstić information content (AvgIpc) is 2.50. The van der Waals surface area contributed by atoms with Crippen molar-refractivity contribution in [2.75, 3.05) is 20.1 Å². The molecule has 0 radical (unpaired) electrons. The first-order valence-electron chi connectivity index (χ1n) is 7.47. The SMILES string of the molecule is CN(CC(=O)NCCc1ccc(Cl)cc1Cl)Cc1ccccc1. The monoisotopic (exact) mass is 350 g/mol. The zero-order valence-corrected chi connectivity index (χ0v) is 14.6. The number of nitrogens with one attached hydrogen (secondary N) is 1. The molecule has 0 atom stereocenters. The van der Waals surface area contributed by atoms with Gasteiger partial charge in [-0.25, -0.2) is 0 Å². The molecule has 0 unspecified atom stereocenters. The number of carbonyl (C=O) groups excluding carboxylic acids is 1. The second kappa shape index (κ2) is 8.92. The first-order valence-corrected chi connectivity index (χ1v) is 8.23. The van der Waals surface area contributed by atoms with Crippen LogP contribution in [0.2, 0.25) is 10.0 Å². The Morgan fingerprint density at radius 3 is 2.57 bits per heavy atom. The van der Waals surface area contributed by atoms with E-state index >= 15 is 0 Å². The molecule has 0 aliphatic rings. The van der Waals surface area contributed by atoms with Crippen molar-refractivity contribution in [3.05, 3.63) is 69.7 Å². The van der Waals surface area contributed by atoms with Crippen molar-refractivity contribution < 1.29 is 4.79 Å². The lowest BCUT2D eigenvalue weighted by molar-refractivity contribution is -0.122. The second-order valence-corrected chi connectivity index (χ2v) is 6.34. The highest BCUT2D eigenvalue weighted by Crippen LogP contribution is 2.20. The molecule has 2 aromatic carbocycles. The molecule has 0 spiro atoms. The van der Waals surface area contributed by atoms with Gasteiger partial charge in [-0.15, -0.1) is 0 Å². The van der Waals surface area contributed by atoms with Crippen LogP contribution >= 0.6 is 23.2 Å². The fraction of sp³-hybridized carbons (Fsp3) is 0.278. The van der Waals surface area contributed by atoms with E-state index in [9.17, 15) is 4.79 Å². The van der Waals surface area contributed by atoms with Crippen molar-refractivity contribution in [2.45, 2.75) is 13.0 Å². The summed E-state index contributed by atoms with van der Waals surface area (Å²) in [6.07, 6.45) is 0.685. The average molecular weight is 351 g/mol. The van der Waals surface area contributed by atoms with Crippen molar-refractivity contribution in [2.24, 2.45) is 0 Å². The maximum Gasteiger partial charge on any atom is 0.234 e. The van der Waals surface area contributed by atoms with Gasteiger partial charge in [0.15, 0.2) is 0 Å². The van der Waals surface area contributed by atoms with E-state index in [-0.39, 0.29) is 5.91 Å². The molecule has 0 fully saturated rings. The van der Waals surface area contributed by atoms with Crippen molar-refractivity contribution >= 4 is 29.1 Å². The van der Waals surface area contributed by atoms with E-state index in [1.54, 1.807) is 12.1 Å². The van der Waals surface area contributed by atoms with Crippen LogP contribution in [0, 0.1) is 0 Å². The Labute approximate surface area is 147 Å². The third-order valence-corrected chi connectivity index (χ3v) is 4.03. The van der Waals surface area contributed by atoms with E-state index in [2.05, 4.69) is 17.4 Å². The second-order valence-electron chi connectivity index (χ2n) is 5.49. The number of amides is 1. The van der Waals surface area contributed by atoms with Gasteiger partial charge >= 0.3 is 0 Å². The van der Waals surface area contributed by atoms with Crippen LogP contribution in [-0.4, -0.2) is 30.9 Å². The first-order chi connectivity index (χ1) is 11.0. The molecule has 0 bridgehead atoms. The Hall–Kier alpha value is -1.55. The van der Waals surface area contributed by atoms with Crippen molar-refractivity contribution in [1.82, 2.24) is 10.2 Å². The molecule has 0 aliphatic heterocycles. The van der Waals surface area contributed by atoms with Gasteiger partial charge in [0.05, 0.1) is 6.54 Å². The predicted molar refractivity (Wildman–Crippen MR) is 96.0 cm³/mol. The Bertz CT molecular complexity index is 647. The normalized spacial score (nSPS) is 10.8. The molecule has 2 aromatic rings. The fourth-order valence-electron chi connectivity index (χ4n) is 2.31. The molecular weight excluding hydrogens is 331 g/mol. The topological polar surface area (TPSA) is 32.3 Å². The third-order valence-electron chi connectivity index (χ3n) is 3.44. The first kappa shape index (κ1) is 17.8. The highest BCUT2D eigenvalue weighted by atomic mass is 35.5. The Kier molecular flexibility index (Phi) is 6.90. The van der Waals surface area contributed by atoms with Crippen LogP contribution in [0.1, 0.15) is 11.1 Å². The van der Waals surface area contributed by atoms with Crippen LogP contribution in [0.25, 0.3) is 0 Å². The largest absolute Gasteiger partial charge is 0.355 e. The summed E-state index contributed by atoms with van der Waals surface area (Å²) in [5.74, 6) is 0.00789. The standard InChI is InChI=1S/C18H20Cl2N2O/c1-22(12-14-5-3-2-4-6-14)13-18(23)21-10-9-15-7-8-16(19)11-17(15)20/h2-8,11H,9-10,12-13H2,1H3,(H,21,23). The number of rotatable bonds is 7. The minimum absolute atomic E-state index is 0.00789. The molecule has 3 nitrogen and oxygen atoms in total. The highest BCUT2D eigenvalue weighted by Gasteiger charge is 2.07. The number of likely N-dealkylation sites (N-methyl/N-ethyl adjacent to an activating group) is 1. The van der Waals surface area contributed by atoms with Gasteiger partial charge in [0.2, 0.25) is 5.91 Å². The molecule has 2 rings (SSSR count). The summed E-state index contributed by atoms with van der Waals surface area (Å²) >= 11 is 12.0. The fourth-order valence-corrected chi connectivity index (χ4v) is 2.82. The molecule has 0 aliphatic carbocycles. The van der Waals surface area contributed by atoms with Gasteiger partial charge in [-0.3, -0.25) is 9.69 Å². The Morgan fingerprint density at radius 2 is 1.87 bits per heavy atom. The van der Waals surface area contributed by atoms with Gasteiger partial charge in [-0.05, 0) is 36.7 Å². The summed E-state index contributed by atoms with van der Waals surface area (Å²) in [6, 6.07) is 15.5. The van der Waals surface area contributed by atoms with Crippen molar-refractivity contribution in [3.63, 3.8) is 0 Å². The lowest BCUT2D eigenvalue weighted by Crippen LogP contribution is -2.35. The maximum atomic E-state index is 12.0. The summed E-state index contributed by atoms with van der Waals surface area (Å²) in [4.78, 5) is 14.0. The minimum Gasteiger partial charge on any atom is -0.355 e. The summed E-state index contributed by atoms with van der Waals surface area (Å²) in [5.41, 5.74) is 2.17. The molecule has 1 amide bonds. The van der Waals surface area contributed by atoms with E-state index in [1.807, 2.05) is 36.2 Å². The van der Waals surface area contributed by atoms with Crippen LogP contribution in [0.15, 0.2) is 48.5 Å². The molecule has 1 N–H and O–H groups in total. The predicted octanol–water partition coefficient (Wildman–Crippen LogP) is 3.78. The number of nitrogens with zero attached hydrogens (tertiary/aromatic N) is 1. The summed E-state index contributed by atoms with van der Waals surface area (Å²) in [5, 5.41) is 4.17. The molecular formula is C18H20Cl2N2O. The number of carbonyl (C=O) groups is 1. The number of benzene rings is 2. The van der Waals surface area contributed by atoms with Gasteiger partial charge in [0, 0.05) is 23.1 Å². The molecule has 0 heterocycles. The molecule has 0 saturated heterocycles. The van der Waals surface area contributed by atoms with E-state index in [1.165, 1.54) is 5.56 Å². The van der Waals surface area contributed by atoms with Gasteiger partial charge in [0.1, 0.15) is 0 Å². The zero-order chi connectivity index (χ0) is 16.7. The van der Waals surface area contributed by atoms with E-state index < -0.39 is 0 Å². The summed E-state index contributed by atoms with van der Waals surface area (Å²) < 4.78 is 0. The number of halogens is 2. The van der Waals surface area contributed by atoms with Gasteiger partial charge in [0.25, 0.3) is 0 Å². The van der Waals surface area contributed by atoms with E-state index in [0.717, 1.165) is 12.1 Å². The van der Waals surface area contributed by atoms with Gasteiger partial charge in [-0.2, -0.15) is 0 Å². The van der Waals surface area contributed by atoms with E-state index in [0.29, 0.717) is 29.6 Å². The van der Waals surface area contributed by atoms with Crippen LogP contribution in [-0.2, 0) is 17.8 Å². The lowest BCUT2D eigenvalue weighted by Gasteiger charge is -2.16. The van der Waals surface area contributed by atoms with Crippen LogP contribution < -0.4 is 5.32 Å².